The third-order valence-electron chi connectivity index (χ3n) is 4.51. The summed E-state index contributed by atoms with van der Waals surface area (Å²) in [5, 5.41) is 5.56. The summed E-state index contributed by atoms with van der Waals surface area (Å²) in [6, 6.07) is 15.8. The zero-order valence-electron chi connectivity index (χ0n) is 15.6. The van der Waals surface area contributed by atoms with Gasteiger partial charge in [-0.1, -0.05) is 42.5 Å². The van der Waals surface area contributed by atoms with Crippen LogP contribution in [-0.4, -0.2) is 22.5 Å². The van der Waals surface area contributed by atoms with Gasteiger partial charge in [0, 0.05) is 10.9 Å². The van der Waals surface area contributed by atoms with Crippen molar-refractivity contribution in [1.82, 2.24) is 15.3 Å². The van der Waals surface area contributed by atoms with Crippen molar-refractivity contribution in [2.24, 2.45) is 0 Å². The topological polar surface area (TPSA) is 64.1 Å². The van der Waals surface area contributed by atoms with Crippen LogP contribution in [-0.2, 0) is 4.79 Å². The Morgan fingerprint density at radius 3 is 2.66 bits per heavy atom. The van der Waals surface area contributed by atoms with Crippen LogP contribution in [0.3, 0.4) is 0 Å². The maximum atomic E-state index is 13.3. The molecule has 2 aromatic heterocycles. The summed E-state index contributed by atoms with van der Waals surface area (Å²) in [5.74, 6) is -0.213. The predicted molar refractivity (Wildman–Crippen MR) is 111 cm³/mol. The SMILES string of the molecule is CC(NC(=O)COc1ncnc2scc(-c3ccc(F)cc3)c12)c1ccccc1. The second-order valence-electron chi connectivity index (χ2n) is 6.50. The molecule has 0 bridgehead atoms. The number of rotatable bonds is 6. The van der Waals surface area contributed by atoms with E-state index in [0.717, 1.165) is 21.5 Å². The average Bonchev–Trinajstić information content (AvgIpc) is 3.18. The van der Waals surface area contributed by atoms with E-state index in [1.807, 2.05) is 42.6 Å². The Balaban J connectivity index is 1.51. The van der Waals surface area contributed by atoms with E-state index in [0.29, 0.717) is 11.3 Å². The van der Waals surface area contributed by atoms with Gasteiger partial charge in [-0.25, -0.2) is 14.4 Å². The molecule has 0 aliphatic rings. The Morgan fingerprint density at radius 1 is 1.14 bits per heavy atom. The Bertz CT molecular complexity index is 1130. The van der Waals surface area contributed by atoms with E-state index in [1.54, 1.807) is 12.1 Å². The molecule has 1 amide bonds. The van der Waals surface area contributed by atoms with Crippen molar-refractivity contribution in [2.45, 2.75) is 13.0 Å². The van der Waals surface area contributed by atoms with Gasteiger partial charge in [0.15, 0.2) is 6.61 Å². The Hall–Kier alpha value is -3.32. The van der Waals surface area contributed by atoms with Crippen molar-refractivity contribution in [1.29, 1.82) is 0 Å². The van der Waals surface area contributed by atoms with Gasteiger partial charge in [-0.3, -0.25) is 4.79 Å². The number of ether oxygens (including phenoxy) is 1. The Labute approximate surface area is 171 Å². The highest BCUT2D eigenvalue weighted by molar-refractivity contribution is 7.17. The van der Waals surface area contributed by atoms with Gasteiger partial charge in [0.05, 0.1) is 11.4 Å². The first-order chi connectivity index (χ1) is 14.1. The smallest absolute Gasteiger partial charge is 0.258 e. The van der Waals surface area contributed by atoms with E-state index >= 15 is 0 Å². The summed E-state index contributed by atoms with van der Waals surface area (Å²) in [5.41, 5.74) is 2.69. The quantitative estimate of drug-likeness (QED) is 0.501. The number of hydrogen-bond donors (Lipinski definition) is 1. The van der Waals surface area contributed by atoms with Gasteiger partial charge in [0.2, 0.25) is 5.88 Å². The summed E-state index contributed by atoms with van der Waals surface area (Å²) < 4.78 is 19.0. The van der Waals surface area contributed by atoms with Crippen LogP contribution in [0, 0.1) is 5.82 Å². The van der Waals surface area contributed by atoms with Crippen LogP contribution in [0.2, 0.25) is 0 Å². The molecule has 0 aliphatic carbocycles. The molecule has 7 heteroatoms. The van der Waals surface area contributed by atoms with Crippen molar-refractivity contribution in [3.8, 4) is 17.0 Å². The molecular formula is C22H18FN3O2S. The maximum absolute atomic E-state index is 13.3. The molecule has 29 heavy (non-hydrogen) atoms. The molecule has 0 radical (unpaired) electrons. The van der Waals surface area contributed by atoms with Crippen molar-refractivity contribution in [3.63, 3.8) is 0 Å². The minimum Gasteiger partial charge on any atom is -0.467 e. The van der Waals surface area contributed by atoms with E-state index < -0.39 is 0 Å². The molecule has 2 aromatic carbocycles. The van der Waals surface area contributed by atoms with Gasteiger partial charge in [-0.05, 0) is 30.2 Å². The molecule has 0 saturated carbocycles. The molecule has 146 valence electrons. The summed E-state index contributed by atoms with van der Waals surface area (Å²) in [7, 11) is 0. The first-order valence-electron chi connectivity index (χ1n) is 9.07. The largest absolute Gasteiger partial charge is 0.467 e. The third-order valence-corrected chi connectivity index (χ3v) is 5.39. The van der Waals surface area contributed by atoms with Crippen molar-refractivity contribution in [2.75, 3.05) is 6.61 Å². The lowest BCUT2D eigenvalue weighted by molar-refractivity contribution is -0.123. The predicted octanol–water partition coefficient (Wildman–Crippen LogP) is 4.75. The molecule has 0 aliphatic heterocycles. The number of nitrogens with one attached hydrogen (secondary N) is 1. The fraction of sp³-hybridized carbons (Fsp3) is 0.136. The summed E-state index contributed by atoms with van der Waals surface area (Å²) in [6.07, 6.45) is 1.41. The first kappa shape index (κ1) is 19.0. The number of thiophene rings is 1. The molecule has 2 heterocycles. The molecule has 0 saturated heterocycles. The third kappa shape index (κ3) is 4.25. The Morgan fingerprint density at radius 2 is 1.90 bits per heavy atom. The maximum Gasteiger partial charge on any atom is 0.258 e. The van der Waals surface area contributed by atoms with Crippen LogP contribution in [0.5, 0.6) is 5.88 Å². The van der Waals surface area contributed by atoms with Crippen LogP contribution >= 0.6 is 11.3 Å². The molecule has 1 atom stereocenters. The van der Waals surface area contributed by atoms with Gasteiger partial charge in [0.25, 0.3) is 5.91 Å². The number of carbonyl (C=O) groups is 1. The number of carbonyl (C=O) groups excluding carboxylic acids is 1. The molecule has 4 aromatic rings. The van der Waals surface area contributed by atoms with Crippen LogP contribution in [0.25, 0.3) is 21.3 Å². The highest BCUT2D eigenvalue weighted by atomic mass is 32.1. The fourth-order valence-electron chi connectivity index (χ4n) is 3.04. The molecule has 0 fully saturated rings. The normalized spacial score (nSPS) is 11.9. The summed E-state index contributed by atoms with van der Waals surface area (Å²) in [6.45, 7) is 1.75. The highest BCUT2D eigenvalue weighted by Gasteiger charge is 2.16. The number of nitrogens with zero attached hydrogens (tertiary/aromatic N) is 2. The van der Waals surface area contributed by atoms with E-state index in [4.69, 9.17) is 4.74 Å². The van der Waals surface area contributed by atoms with Crippen molar-refractivity contribution in [3.05, 3.63) is 77.7 Å². The van der Waals surface area contributed by atoms with Crippen molar-refractivity contribution >= 4 is 27.5 Å². The number of fused-ring (bicyclic) bond motifs is 1. The number of amides is 1. The number of aromatic nitrogens is 2. The summed E-state index contributed by atoms with van der Waals surface area (Å²) in [4.78, 5) is 21.6. The van der Waals surface area contributed by atoms with Gasteiger partial charge < -0.3 is 10.1 Å². The molecule has 4 rings (SSSR count). The molecular weight excluding hydrogens is 389 g/mol. The lowest BCUT2D eigenvalue weighted by Crippen LogP contribution is -2.31. The van der Waals surface area contributed by atoms with Gasteiger partial charge >= 0.3 is 0 Å². The lowest BCUT2D eigenvalue weighted by atomic mass is 10.1. The van der Waals surface area contributed by atoms with E-state index in [9.17, 15) is 9.18 Å². The van der Waals surface area contributed by atoms with Gasteiger partial charge in [-0.2, -0.15) is 0 Å². The second-order valence-corrected chi connectivity index (χ2v) is 7.36. The molecule has 5 nitrogen and oxygen atoms in total. The first-order valence-corrected chi connectivity index (χ1v) is 9.95. The zero-order chi connectivity index (χ0) is 20.2. The molecule has 1 unspecified atom stereocenters. The van der Waals surface area contributed by atoms with Crippen LogP contribution in [0.15, 0.2) is 66.3 Å². The van der Waals surface area contributed by atoms with Gasteiger partial charge in [0.1, 0.15) is 17.0 Å². The number of hydrogen-bond acceptors (Lipinski definition) is 5. The molecule has 0 spiro atoms. The highest BCUT2D eigenvalue weighted by Crippen LogP contribution is 2.37. The van der Waals surface area contributed by atoms with Crippen LogP contribution < -0.4 is 10.1 Å². The van der Waals surface area contributed by atoms with Crippen LogP contribution in [0.1, 0.15) is 18.5 Å². The van der Waals surface area contributed by atoms with Crippen LogP contribution in [0.4, 0.5) is 4.39 Å². The van der Waals surface area contributed by atoms with E-state index in [-0.39, 0.29) is 24.4 Å². The number of halogens is 1. The second kappa shape index (κ2) is 8.36. The minimum atomic E-state index is -0.301. The fourth-order valence-corrected chi connectivity index (χ4v) is 3.95. The van der Waals surface area contributed by atoms with Gasteiger partial charge in [-0.15, -0.1) is 11.3 Å². The van der Waals surface area contributed by atoms with E-state index in [1.165, 1.54) is 29.8 Å². The Kier molecular flexibility index (Phi) is 5.48. The minimum absolute atomic E-state index is 0.131. The average molecular weight is 407 g/mol. The van der Waals surface area contributed by atoms with E-state index in [2.05, 4.69) is 15.3 Å². The molecule has 1 N–H and O–H groups in total. The lowest BCUT2D eigenvalue weighted by Gasteiger charge is -2.14. The van der Waals surface area contributed by atoms with Crippen molar-refractivity contribution < 1.29 is 13.9 Å². The number of benzene rings is 2. The standard InChI is InChI=1S/C22H18FN3O2S/c1-14(15-5-3-2-4-6-15)26-19(27)11-28-21-20-18(12-29-22(20)25-13-24-21)16-7-9-17(23)10-8-16/h2-10,12-14H,11H2,1H3,(H,26,27). The monoisotopic (exact) mass is 407 g/mol. The summed E-state index contributed by atoms with van der Waals surface area (Å²) >= 11 is 1.44. The zero-order valence-corrected chi connectivity index (χ0v) is 16.4.